The number of ether oxygens (including phenoxy) is 2. The van der Waals surface area contributed by atoms with E-state index in [4.69, 9.17) is 21.7 Å². The van der Waals surface area contributed by atoms with Gasteiger partial charge in [-0.2, -0.15) is 0 Å². The van der Waals surface area contributed by atoms with Gasteiger partial charge in [0.25, 0.3) is 5.91 Å². The fourth-order valence-corrected chi connectivity index (χ4v) is 2.77. The molecule has 1 heterocycles. The molecule has 0 spiro atoms. The van der Waals surface area contributed by atoms with Crippen molar-refractivity contribution in [2.75, 3.05) is 26.5 Å². The van der Waals surface area contributed by atoms with E-state index in [0.29, 0.717) is 22.2 Å². The number of thiocarbonyl (C=S) groups is 1. The molecule has 0 saturated heterocycles. The van der Waals surface area contributed by atoms with Crippen LogP contribution >= 0.6 is 24.0 Å². The topological polar surface area (TPSA) is 72.0 Å². The van der Waals surface area contributed by atoms with Crippen LogP contribution in [0.4, 0.5) is 0 Å². The third-order valence-electron chi connectivity index (χ3n) is 2.69. The van der Waals surface area contributed by atoms with Crippen molar-refractivity contribution in [1.29, 1.82) is 0 Å². The second kappa shape index (κ2) is 7.28. The number of amides is 1. The number of hydrogen-bond acceptors (Lipinski definition) is 6. The smallest absolute Gasteiger partial charge is 0.264 e. The highest BCUT2D eigenvalue weighted by Gasteiger charge is 2.19. The first kappa shape index (κ1) is 15.6. The molecule has 1 aromatic rings. The lowest BCUT2D eigenvalue weighted by molar-refractivity contribution is 0.0971. The van der Waals surface area contributed by atoms with Crippen LogP contribution in [-0.2, 0) is 0 Å². The summed E-state index contributed by atoms with van der Waals surface area (Å²) in [5, 5.41) is 6.40. The maximum atomic E-state index is 12.3. The number of thioether (sulfide) groups is 1. The van der Waals surface area contributed by atoms with Crippen molar-refractivity contribution in [3.8, 4) is 11.5 Å². The maximum Gasteiger partial charge on any atom is 0.264 e. The molecule has 0 atom stereocenters. The Balaban J connectivity index is 2.10. The normalized spacial score (nSPS) is 13.3. The van der Waals surface area contributed by atoms with E-state index in [0.717, 1.165) is 12.3 Å². The number of nitrogens with one attached hydrogen (secondary N) is 2. The van der Waals surface area contributed by atoms with Crippen LogP contribution < -0.4 is 20.1 Å². The summed E-state index contributed by atoms with van der Waals surface area (Å²) in [7, 11) is 2.98. The van der Waals surface area contributed by atoms with Gasteiger partial charge in [-0.25, -0.2) is 0 Å². The van der Waals surface area contributed by atoms with Crippen LogP contribution in [0.1, 0.15) is 10.4 Å². The van der Waals surface area contributed by atoms with E-state index in [1.54, 1.807) is 30.0 Å². The molecule has 2 N–H and O–H groups in total. The van der Waals surface area contributed by atoms with Gasteiger partial charge in [0.1, 0.15) is 17.1 Å². The van der Waals surface area contributed by atoms with Gasteiger partial charge in [-0.3, -0.25) is 15.1 Å². The van der Waals surface area contributed by atoms with Gasteiger partial charge in [0.2, 0.25) is 0 Å². The van der Waals surface area contributed by atoms with Crippen molar-refractivity contribution in [2.45, 2.75) is 0 Å². The first-order valence-electron chi connectivity index (χ1n) is 6.16. The Morgan fingerprint density at radius 1 is 1.33 bits per heavy atom. The summed E-state index contributed by atoms with van der Waals surface area (Å²) in [5.41, 5.74) is 0.299. The van der Waals surface area contributed by atoms with E-state index in [9.17, 15) is 4.79 Å². The first-order valence-corrected chi connectivity index (χ1v) is 7.55. The van der Waals surface area contributed by atoms with E-state index in [1.165, 1.54) is 14.2 Å². The van der Waals surface area contributed by atoms with Crippen molar-refractivity contribution in [2.24, 2.45) is 4.99 Å². The second-order valence-corrected chi connectivity index (χ2v) is 5.47. The molecule has 112 valence electrons. The van der Waals surface area contributed by atoms with Crippen molar-refractivity contribution in [3.05, 3.63) is 23.8 Å². The van der Waals surface area contributed by atoms with E-state index >= 15 is 0 Å². The highest BCUT2D eigenvalue weighted by atomic mass is 32.2. The zero-order valence-corrected chi connectivity index (χ0v) is 13.3. The summed E-state index contributed by atoms with van der Waals surface area (Å²) in [6.07, 6.45) is 0. The third-order valence-corrected chi connectivity index (χ3v) is 3.78. The van der Waals surface area contributed by atoms with Gasteiger partial charge >= 0.3 is 0 Å². The van der Waals surface area contributed by atoms with Gasteiger partial charge in [0, 0.05) is 5.75 Å². The Morgan fingerprint density at radius 3 is 2.52 bits per heavy atom. The lowest BCUT2D eigenvalue weighted by Gasteiger charge is -2.13. The summed E-state index contributed by atoms with van der Waals surface area (Å²) in [6.45, 7) is 0.754. The number of amidine groups is 1. The van der Waals surface area contributed by atoms with Crippen LogP contribution in [0.3, 0.4) is 0 Å². The van der Waals surface area contributed by atoms with Crippen LogP contribution in [0.5, 0.6) is 11.5 Å². The minimum atomic E-state index is -0.398. The Hall–Kier alpha value is -1.80. The summed E-state index contributed by atoms with van der Waals surface area (Å²) >= 11 is 6.67. The SMILES string of the molecule is COc1cccc(OC)c1C(=O)NC(=S)NC1=NCCS1. The average Bonchev–Trinajstić information content (AvgIpc) is 2.98. The second-order valence-electron chi connectivity index (χ2n) is 3.98. The molecule has 0 saturated carbocycles. The molecule has 6 nitrogen and oxygen atoms in total. The Bertz CT molecular complexity index is 568. The molecule has 2 rings (SSSR count). The van der Waals surface area contributed by atoms with Crippen LogP contribution in [0, 0.1) is 0 Å². The number of methoxy groups -OCH3 is 2. The number of carbonyl (C=O) groups is 1. The monoisotopic (exact) mass is 325 g/mol. The van der Waals surface area contributed by atoms with E-state index in [2.05, 4.69) is 15.6 Å². The predicted octanol–water partition coefficient (Wildman–Crippen LogP) is 1.41. The molecule has 0 unspecified atom stereocenters. The van der Waals surface area contributed by atoms with Gasteiger partial charge in [-0.05, 0) is 24.4 Å². The number of nitrogens with zero attached hydrogens (tertiary/aromatic N) is 1. The number of hydrogen-bond donors (Lipinski definition) is 2. The quantitative estimate of drug-likeness (QED) is 0.819. The van der Waals surface area contributed by atoms with E-state index in [-0.39, 0.29) is 5.11 Å². The van der Waals surface area contributed by atoms with Crippen LogP contribution in [0.15, 0.2) is 23.2 Å². The number of aliphatic imine (C=N–C) groups is 1. The molecule has 0 radical (unpaired) electrons. The molecule has 0 fully saturated rings. The van der Waals surface area contributed by atoms with Crippen LogP contribution in [-0.4, -0.2) is 42.7 Å². The Kier molecular flexibility index (Phi) is 5.40. The molecule has 8 heteroatoms. The third kappa shape index (κ3) is 3.85. The van der Waals surface area contributed by atoms with Crippen molar-refractivity contribution in [3.63, 3.8) is 0 Å². The lowest BCUT2D eigenvalue weighted by Crippen LogP contribution is -2.41. The number of benzene rings is 1. The minimum Gasteiger partial charge on any atom is -0.496 e. The zero-order valence-electron chi connectivity index (χ0n) is 11.6. The van der Waals surface area contributed by atoms with E-state index in [1.807, 2.05) is 0 Å². The molecule has 1 amide bonds. The van der Waals surface area contributed by atoms with Gasteiger partial charge < -0.3 is 14.8 Å². The van der Waals surface area contributed by atoms with E-state index < -0.39 is 5.91 Å². The van der Waals surface area contributed by atoms with Crippen molar-refractivity contribution >= 4 is 40.2 Å². The molecule has 1 aliphatic rings. The molecule has 0 aliphatic carbocycles. The molecule has 1 aliphatic heterocycles. The molecule has 1 aromatic carbocycles. The fraction of sp³-hybridized carbons (Fsp3) is 0.308. The van der Waals surface area contributed by atoms with Gasteiger partial charge in [0.05, 0.1) is 20.8 Å². The average molecular weight is 325 g/mol. The molecular formula is C13H15N3O3S2. The lowest BCUT2D eigenvalue weighted by atomic mass is 10.1. The summed E-state index contributed by atoms with van der Waals surface area (Å²) in [6, 6.07) is 5.12. The van der Waals surface area contributed by atoms with Gasteiger partial charge in [-0.15, -0.1) is 0 Å². The molecule has 0 aromatic heterocycles. The summed E-state index contributed by atoms with van der Waals surface area (Å²) < 4.78 is 10.4. The first-order chi connectivity index (χ1) is 10.2. The Morgan fingerprint density at radius 2 is 2.00 bits per heavy atom. The highest BCUT2D eigenvalue weighted by molar-refractivity contribution is 8.14. The van der Waals surface area contributed by atoms with Crippen LogP contribution in [0.25, 0.3) is 0 Å². The Labute approximate surface area is 132 Å². The fourth-order valence-electron chi connectivity index (χ4n) is 1.78. The summed E-state index contributed by atoms with van der Waals surface area (Å²) in [4.78, 5) is 16.5. The zero-order chi connectivity index (χ0) is 15.2. The molecule has 0 bridgehead atoms. The van der Waals surface area contributed by atoms with Crippen LogP contribution in [0.2, 0.25) is 0 Å². The van der Waals surface area contributed by atoms with Gasteiger partial charge in [0.15, 0.2) is 10.3 Å². The molecular weight excluding hydrogens is 310 g/mol. The van der Waals surface area contributed by atoms with Crippen molar-refractivity contribution < 1.29 is 14.3 Å². The van der Waals surface area contributed by atoms with Gasteiger partial charge in [-0.1, -0.05) is 17.8 Å². The molecule has 21 heavy (non-hydrogen) atoms. The minimum absolute atomic E-state index is 0.195. The van der Waals surface area contributed by atoms with Crippen molar-refractivity contribution in [1.82, 2.24) is 10.6 Å². The predicted molar refractivity (Wildman–Crippen MR) is 87.5 cm³/mol. The summed E-state index contributed by atoms with van der Waals surface area (Å²) in [5.74, 6) is 1.36. The largest absolute Gasteiger partial charge is 0.496 e. The number of rotatable bonds is 3. The number of carbonyl (C=O) groups excluding carboxylic acids is 1. The maximum absolute atomic E-state index is 12.3. The highest BCUT2D eigenvalue weighted by Crippen LogP contribution is 2.27. The standard InChI is InChI=1S/C13H15N3O3S2/c1-18-8-4-3-5-9(19-2)10(8)11(17)15-12(20)16-13-14-6-7-21-13/h3-5H,6-7H2,1-2H3,(H2,14,15,16,17,20).